The van der Waals surface area contributed by atoms with Crippen molar-refractivity contribution in [2.75, 3.05) is 39.8 Å². The van der Waals surface area contributed by atoms with Crippen LogP contribution in [-0.2, 0) is 6.54 Å². The Labute approximate surface area is 143 Å². The van der Waals surface area contributed by atoms with Gasteiger partial charge in [-0.15, -0.1) is 0 Å². The van der Waals surface area contributed by atoms with Gasteiger partial charge in [0.25, 0.3) is 0 Å². The Kier molecular flexibility index (Phi) is 4.97. The molecule has 4 nitrogen and oxygen atoms in total. The summed E-state index contributed by atoms with van der Waals surface area (Å²) in [5, 5.41) is 12.5. The number of aromatic nitrogens is 1. The summed E-state index contributed by atoms with van der Waals surface area (Å²) < 4.78 is 2.17. The number of likely N-dealkylation sites (N-methyl/N-ethyl adjacent to an activating group) is 1. The maximum Gasteiger partial charge on any atom is 0.0845 e. The Bertz CT molecular complexity index is 689. The smallest absolute Gasteiger partial charge is 0.0845 e. The van der Waals surface area contributed by atoms with Gasteiger partial charge < -0.3 is 14.6 Å². The molecule has 126 valence electrons. The largest absolute Gasteiger partial charge is 0.390 e. The van der Waals surface area contributed by atoms with Crippen LogP contribution in [0.15, 0.2) is 18.2 Å². The van der Waals surface area contributed by atoms with Gasteiger partial charge in [0.05, 0.1) is 23.2 Å². The third-order valence-corrected chi connectivity index (χ3v) is 5.37. The molecule has 0 amide bonds. The Morgan fingerprint density at radius 2 is 1.83 bits per heavy atom. The first kappa shape index (κ1) is 16.8. The Morgan fingerprint density at radius 1 is 1.13 bits per heavy atom. The van der Waals surface area contributed by atoms with Gasteiger partial charge in [-0.25, -0.2) is 0 Å². The minimum atomic E-state index is -0.386. The molecule has 3 rings (SSSR count). The first-order valence-corrected chi connectivity index (χ1v) is 8.68. The number of piperazine rings is 1. The van der Waals surface area contributed by atoms with Crippen molar-refractivity contribution < 1.29 is 5.11 Å². The summed E-state index contributed by atoms with van der Waals surface area (Å²) in [6.45, 7) is 9.73. The van der Waals surface area contributed by atoms with Gasteiger partial charge in [0.15, 0.2) is 0 Å². The molecule has 1 aromatic heterocycles. The van der Waals surface area contributed by atoms with Gasteiger partial charge in [-0.2, -0.15) is 0 Å². The fourth-order valence-electron chi connectivity index (χ4n) is 3.48. The van der Waals surface area contributed by atoms with Gasteiger partial charge in [-0.3, -0.25) is 4.90 Å². The van der Waals surface area contributed by atoms with Gasteiger partial charge in [0, 0.05) is 43.8 Å². The molecule has 23 heavy (non-hydrogen) atoms. The molecule has 2 aromatic rings. The highest BCUT2D eigenvalue weighted by Crippen LogP contribution is 2.30. The van der Waals surface area contributed by atoms with Crippen molar-refractivity contribution in [2.24, 2.45) is 0 Å². The predicted octanol–water partition coefficient (Wildman–Crippen LogP) is 2.52. The van der Waals surface area contributed by atoms with E-state index in [2.05, 4.69) is 41.3 Å². The van der Waals surface area contributed by atoms with E-state index < -0.39 is 0 Å². The average molecular weight is 336 g/mol. The van der Waals surface area contributed by atoms with Gasteiger partial charge in [-0.05, 0) is 32.5 Å². The molecule has 1 atom stereocenters. The van der Waals surface area contributed by atoms with Crippen LogP contribution < -0.4 is 0 Å². The van der Waals surface area contributed by atoms with E-state index >= 15 is 0 Å². The number of aliphatic hydroxyl groups is 1. The van der Waals surface area contributed by atoms with Crippen LogP contribution in [0, 0.1) is 13.8 Å². The molecule has 1 fully saturated rings. The topological polar surface area (TPSA) is 31.6 Å². The van der Waals surface area contributed by atoms with Crippen molar-refractivity contribution in [2.45, 2.75) is 26.5 Å². The number of hydrogen-bond donors (Lipinski definition) is 1. The van der Waals surface area contributed by atoms with Crippen LogP contribution in [0.1, 0.15) is 11.3 Å². The Morgan fingerprint density at radius 3 is 2.52 bits per heavy atom. The van der Waals surface area contributed by atoms with Crippen molar-refractivity contribution in [3.05, 3.63) is 34.5 Å². The normalized spacial score (nSPS) is 18.7. The summed E-state index contributed by atoms with van der Waals surface area (Å²) >= 11 is 6.42. The summed E-state index contributed by atoms with van der Waals surface area (Å²) in [5.74, 6) is 0. The maximum absolute atomic E-state index is 10.6. The van der Waals surface area contributed by atoms with Gasteiger partial charge in [0.1, 0.15) is 0 Å². The highest BCUT2D eigenvalue weighted by Gasteiger charge is 2.20. The highest BCUT2D eigenvalue weighted by molar-refractivity contribution is 6.35. The lowest BCUT2D eigenvalue weighted by Crippen LogP contribution is -2.47. The van der Waals surface area contributed by atoms with Crippen molar-refractivity contribution in [3.63, 3.8) is 0 Å². The van der Waals surface area contributed by atoms with E-state index in [1.807, 2.05) is 12.1 Å². The SMILES string of the molecule is Cc1c(C)n(C[C@H](O)CN2CCN(C)CC2)c2c(Cl)cccc12. The summed E-state index contributed by atoms with van der Waals surface area (Å²) in [6.07, 6.45) is -0.386. The molecule has 0 saturated carbocycles. The Hall–Kier alpha value is -1.07. The molecular weight excluding hydrogens is 310 g/mol. The first-order valence-electron chi connectivity index (χ1n) is 8.30. The lowest BCUT2D eigenvalue weighted by atomic mass is 10.2. The molecule has 1 saturated heterocycles. The quantitative estimate of drug-likeness (QED) is 0.931. The van der Waals surface area contributed by atoms with Crippen LogP contribution in [0.5, 0.6) is 0 Å². The molecule has 0 radical (unpaired) electrons. The van der Waals surface area contributed by atoms with E-state index in [0.717, 1.165) is 43.3 Å². The van der Waals surface area contributed by atoms with Crippen LogP contribution >= 0.6 is 11.6 Å². The first-order chi connectivity index (χ1) is 11.0. The molecule has 0 unspecified atom stereocenters. The van der Waals surface area contributed by atoms with Gasteiger partial charge in [0.2, 0.25) is 0 Å². The number of aliphatic hydroxyl groups excluding tert-OH is 1. The minimum Gasteiger partial charge on any atom is -0.390 e. The molecule has 5 heteroatoms. The minimum absolute atomic E-state index is 0.386. The molecule has 1 aliphatic rings. The average Bonchev–Trinajstić information content (AvgIpc) is 2.76. The number of fused-ring (bicyclic) bond motifs is 1. The standard InChI is InChI=1S/C18H26ClN3O/c1-13-14(2)22(18-16(13)5-4-6-17(18)19)12-15(23)11-21-9-7-20(3)8-10-21/h4-6,15,23H,7-12H2,1-3H3/t15-/m1/s1. The van der Waals surface area contributed by atoms with Crippen molar-refractivity contribution >= 4 is 22.5 Å². The lowest BCUT2D eigenvalue weighted by molar-refractivity contribution is 0.0714. The van der Waals surface area contributed by atoms with Crippen molar-refractivity contribution in [1.29, 1.82) is 0 Å². The van der Waals surface area contributed by atoms with E-state index in [1.54, 1.807) is 0 Å². The zero-order valence-corrected chi connectivity index (χ0v) is 15.0. The van der Waals surface area contributed by atoms with Crippen LogP contribution in [0.4, 0.5) is 0 Å². The molecule has 1 N–H and O–H groups in total. The molecule has 2 heterocycles. The second-order valence-corrected chi connectivity index (χ2v) is 7.12. The third-order valence-electron chi connectivity index (χ3n) is 5.07. The predicted molar refractivity (Wildman–Crippen MR) is 96.4 cm³/mol. The fourth-order valence-corrected chi connectivity index (χ4v) is 3.76. The molecule has 0 spiro atoms. The van der Waals surface area contributed by atoms with Crippen LogP contribution in [-0.4, -0.2) is 65.3 Å². The maximum atomic E-state index is 10.6. The van der Waals surface area contributed by atoms with Gasteiger partial charge >= 0.3 is 0 Å². The zero-order valence-electron chi connectivity index (χ0n) is 14.2. The van der Waals surface area contributed by atoms with E-state index in [0.29, 0.717) is 6.54 Å². The van der Waals surface area contributed by atoms with Crippen LogP contribution in [0.3, 0.4) is 0 Å². The second-order valence-electron chi connectivity index (χ2n) is 6.71. The highest BCUT2D eigenvalue weighted by atomic mass is 35.5. The monoisotopic (exact) mass is 335 g/mol. The molecule has 0 bridgehead atoms. The molecule has 0 aliphatic carbocycles. The number of β-amino-alcohol motifs (C(OH)–C–C–N with tert-alkyl or cyclic N) is 1. The van der Waals surface area contributed by atoms with E-state index in [1.165, 1.54) is 16.6 Å². The second kappa shape index (κ2) is 6.81. The zero-order chi connectivity index (χ0) is 16.6. The van der Waals surface area contributed by atoms with Gasteiger partial charge in [-0.1, -0.05) is 23.7 Å². The molecule has 1 aromatic carbocycles. The number of aryl methyl sites for hydroxylation is 1. The Balaban J connectivity index is 1.77. The van der Waals surface area contributed by atoms with E-state index in [-0.39, 0.29) is 6.10 Å². The number of hydrogen-bond acceptors (Lipinski definition) is 3. The third kappa shape index (κ3) is 3.41. The summed E-state index contributed by atoms with van der Waals surface area (Å²) in [6, 6.07) is 6.02. The number of rotatable bonds is 4. The van der Waals surface area contributed by atoms with E-state index in [9.17, 15) is 5.11 Å². The number of nitrogens with zero attached hydrogens (tertiary/aromatic N) is 3. The number of halogens is 1. The van der Waals surface area contributed by atoms with Crippen LogP contribution in [0.25, 0.3) is 10.9 Å². The van der Waals surface area contributed by atoms with E-state index in [4.69, 9.17) is 11.6 Å². The van der Waals surface area contributed by atoms with Crippen molar-refractivity contribution in [1.82, 2.24) is 14.4 Å². The summed E-state index contributed by atoms with van der Waals surface area (Å²) in [4.78, 5) is 4.68. The molecule has 1 aliphatic heterocycles. The summed E-state index contributed by atoms with van der Waals surface area (Å²) in [7, 11) is 2.15. The van der Waals surface area contributed by atoms with Crippen molar-refractivity contribution in [3.8, 4) is 0 Å². The lowest BCUT2D eigenvalue weighted by Gasteiger charge is -2.33. The fraction of sp³-hybridized carbons (Fsp3) is 0.556. The number of benzene rings is 1. The summed E-state index contributed by atoms with van der Waals surface area (Å²) in [5.41, 5.74) is 3.47. The van der Waals surface area contributed by atoms with Crippen LogP contribution in [0.2, 0.25) is 5.02 Å². The number of para-hydroxylation sites is 1. The molecular formula is C18H26ClN3O.